The number of carbonyl (C=O) groups is 2. The molecule has 0 bridgehead atoms. The Labute approximate surface area is 214 Å². The summed E-state index contributed by atoms with van der Waals surface area (Å²) in [5.74, 6) is -3.42. The maximum absolute atomic E-state index is 12.9. The molecule has 3 atom stereocenters. The number of esters is 2. The summed E-state index contributed by atoms with van der Waals surface area (Å²) in [7, 11) is -5.23. The molecule has 0 radical (unpaired) electrons. The van der Waals surface area contributed by atoms with Crippen LogP contribution in [0.1, 0.15) is 54.3 Å². The summed E-state index contributed by atoms with van der Waals surface area (Å²) >= 11 is 0. The standard InChI is InChI=1S/C20H21F9O9S/c1-9(7-16(3,32)18(21,22)23)37-14(30)11-4-12(6-13(5-11)39(34,35)36)15(31)38-10(2)8-17(33,19(24,25)26)20(27,28)29/h4-6,9-10,32-33H,7-8H2,1-3H3,(H,34,35,36). The molecule has 0 heterocycles. The van der Waals surface area contributed by atoms with Crippen molar-refractivity contribution in [1.29, 1.82) is 0 Å². The summed E-state index contributed by atoms with van der Waals surface area (Å²) in [5.41, 5.74) is -10.6. The van der Waals surface area contributed by atoms with Crippen molar-refractivity contribution in [2.75, 3.05) is 0 Å². The molecule has 1 aromatic rings. The highest BCUT2D eigenvalue weighted by Gasteiger charge is 2.70. The van der Waals surface area contributed by atoms with Crippen molar-refractivity contribution in [3.8, 4) is 0 Å². The van der Waals surface area contributed by atoms with Crippen molar-refractivity contribution in [2.24, 2.45) is 0 Å². The van der Waals surface area contributed by atoms with Crippen LogP contribution in [0.25, 0.3) is 0 Å². The summed E-state index contributed by atoms with van der Waals surface area (Å²) in [6, 6.07) is 1.16. The number of alkyl halides is 9. The quantitative estimate of drug-likeness (QED) is 0.215. The Morgan fingerprint density at radius 3 is 1.44 bits per heavy atom. The first-order valence-corrected chi connectivity index (χ1v) is 11.8. The third-order valence-corrected chi connectivity index (χ3v) is 5.94. The lowest BCUT2D eigenvalue weighted by atomic mass is 9.95. The number of hydrogen-bond acceptors (Lipinski definition) is 8. The number of benzene rings is 1. The van der Waals surface area contributed by atoms with Gasteiger partial charge in [0, 0.05) is 12.8 Å². The molecule has 0 fully saturated rings. The molecule has 3 unspecified atom stereocenters. The third-order valence-electron chi connectivity index (χ3n) is 5.11. The summed E-state index contributed by atoms with van der Waals surface area (Å²) in [6.45, 7) is 1.80. The summed E-state index contributed by atoms with van der Waals surface area (Å²) in [5, 5.41) is 18.7. The lowest BCUT2D eigenvalue weighted by molar-refractivity contribution is -0.373. The summed E-state index contributed by atoms with van der Waals surface area (Å²) < 4.78 is 157. The van der Waals surface area contributed by atoms with Gasteiger partial charge < -0.3 is 19.7 Å². The zero-order valence-corrected chi connectivity index (χ0v) is 20.7. The molecule has 0 aliphatic heterocycles. The van der Waals surface area contributed by atoms with Crippen LogP contribution in [0, 0.1) is 0 Å². The molecule has 0 amide bonds. The van der Waals surface area contributed by atoms with E-state index in [2.05, 4.69) is 9.47 Å². The average molecular weight is 608 g/mol. The van der Waals surface area contributed by atoms with E-state index in [-0.39, 0.29) is 0 Å². The average Bonchev–Trinajstić information content (AvgIpc) is 2.69. The normalized spacial score (nSPS) is 16.7. The van der Waals surface area contributed by atoms with Gasteiger partial charge in [-0.15, -0.1) is 0 Å². The fourth-order valence-electron chi connectivity index (χ4n) is 3.05. The second-order valence-electron chi connectivity index (χ2n) is 8.69. The molecule has 39 heavy (non-hydrogen) atoms. The molecular formula is C20H21F9O9S. The fraction of sp³-hybridized carbons (Fsp3) is 0.600. The van der Waals surface area contributed by atoms with Gasteiger partial charge in [0.2, 0.25) is 0 Å². The van der Waals surface area contributed by atoms with Gasteiger partial charge in [-0.05, 0) is 39.0 Å². The maximum atomic E-state index is 12.9. The van der Waals surface area contributed by atoms with Crippen molar-refractivity contribution < 1.29 is 81.8 Å². The number of carbonyl (C=O) groups excluding carboxylic acids is 2. The molecule has 0 aromatic heterocycles. The van der Waals surface area contributed by atoms with Crippen LogP contribution < -0.4 is 0 Å². The Hall–Kier alpha value is -2.64. The lowest BCUT2D eigenvalue weighted by Crippen LogP contribution is -2.58. The highest BCUT2D eigenvalue weighted by atomic mass is 32.2. The SMILES string of the molecule is CC(CC(C)(O)C(F)(F)F)OC(=O)c1cc(C(=O)OC(C)CC(O)(C(F)(F)F)C(F)(F)F)cc(S(=O)(=O)O)c1. The number of rotatable bonds is 9. The van der Waals surface area contributed by atoms with Crippen LogP contribution in [0.15, 0.2) is 23.1 Å². The minimum Gasteiger partial charge on any atom is -0.459 e. The van der Waals surface area contributed by atoms with Gasteiger partial charge in [0.15, 0.2) is 5.60 Å². The molecule has 0 saturated heterocycles. The van der Waals surface area contributed by atoms with Gasteiger partial charge in [0.25, 0.3) is 15.7 Å². The molecule has 19 heteroatoms. The third kappa shape index (κ3) is 8.42. The molecule has 1 aromatic carbocycles. The van der Waals surface area contributed by atoms with E-state index in [1.165, 1.54) is 0 Å². The molecular weight excluding hydrogens is 587 g/mol. The van der Waals surface area contributed by atoms with Gasteiger partial charge in [0.05, 0.1) is 16.0 Å². The van der Waals surface area contributed by atoms with E-state index < -0.39 is 92.9 Å². The topological polar surface area (TPSA) is 147 Å². The monoisotopic (exact) mass is 608 g/mol. The first-order chi connectivity index (χ1) is 17.1. The molecule has 0 saturated carbocycles. The minimum atomic E-state index is -6.25. The Kier molecular flexibility index (Phi) is 9.78. The lowest BCUT2D eigenvalue weighted by Gasteiger charge is -2.33. The predicted octanol–water partition coefficient (Wildman–Crippen LogP) is 3.97. The van der Waals surface area contributed by atoms with E-state index >= 15 is 0 Å². The zero-order valence-electron chi connectivity index (χ0n) is 19.9. The number of ether oxygens (including phenoxy) is 2. The largest absolute Gasteiger partial charge is 0.459 e. The van der Waals surface area contributed by atoms with Crippen LogP contribution in [0.3, 0.4) is 0 Å². The first kappa shape index (κ1) is 34.4. The number of hydrogen-bond donors (Lipinski definition) is 3. The van der Waals surface area contributed by atoms with Crippen molar-refractivity contribution in [3.05, 3.63) is 29.3 Å². The summed E-state index contributed by atoms with van der Waals surface area (Å²) in [4.78, 5) is 23.5. The van der Waals surface area contributed by atoms with Crippen LogP contribution >= 0.6 is 0 Å². The Morgan fingerprint density at radius 2 is 1.13 bits per heavy atom. The van der Waals surface area contributed by atoms with Gasteiger partial charge in [-0.25, -0.2) is 9.59 Å². The van der Waals surface area contributed by atoms with Crippen LogP contribution in [-0.4, -0.2) is 77.1 Å². The van der Waals surface area contributed by atoms with E-state index in [1.807, 2.05) is 0 Å². The van der Waals surface area contributed by atoms with Crippen LogP contribution in [0.2, 0.25) is 0 Å². The van der Waals surface area contributed by atoms with Crippen molar-refractivity contribution in [2.45, 2.75) is 80.4 Å². The van der Waals surface area contributed by atoms with E-state index in [0.29, 0.717) is 32.0 Å². The molecule has 9 nitrogen and oxygen atoms in total. The van der Waals surface area contributed by atoms with Crippen LogP contribution in [0.4, 0.5) is 39.5 Å². The Balaban J connectivity index is 3.29. The smallest absolute Gasteiger partial charge is 0.426 e. The molecule has 0 aliphatic rings. The van der Waals surface area contributed by atoms with Gasteiger partial charge in [-0.1, -0.05) is 0 Å². The fourth-order valence-corrected chi connectivity index (χ4v) is 3.60. The molecule has 1 rings (SSSR count). The van der Waals surface area contributed by atoms with Crippen LogP contribution in [-0.2, 0) is 19.6 Å². The maximum Gasteiger partial charge on any atom is 0.426 e. The Morgan fingerprint density at radius 1 is 0.769 bits per heavy atom. The van der Waals surface area contributed by atoms with Gasteiger partial charge in [-0.3, -0.25) is 4.55 Å². The van der Waals surface area contributed by atoms with Gasteiger partial charge in [0.1, 0.15) is 12.2 Å². The number of halogens is 9. The summed E-state index contributed by atoms with van der Waals surface area (Å²) in [6.07, 6.45) is -25.1. The van der Waals surface area contributed by atoms with Crippen LogP contribution in [0.5, 0.6) is 0 Å². The van der Waals surface area contributed by atoms with Crippen molar-refractivity contribution in [3.63, 3.8) is 0 Å². The molecule has 0 aliphatic carbocycles. The van der Waals surface area contributed by atoms with Gasteiger partial charge >= 0.3 is 30.5 Å². The number of aliphatic hydroxyl groups is 2. The van der Waals surface area contributed by atoms with Crippen molar-refractivity contribution >= 4 is 22.1 Å². The van der Waals surface area contributed by atoms with Crippen molar-refractivity contribution in [1.82, 2.24) is 0 Å². The molecule has 3 N–H and O–H groups in total. The second kappa shape index (κ2) is 11.1. The Bertz CT molecular complexity index is 1160. The minimum absolute atomic E-state index is 0.318. The molecule has 224 valence electrons. The van der Waals surface area contributed by atoms with Gasteiger partial charge in [-0.2, -0.15) is 47.9 Å². The predicted molar refractivity (Wildman–Crippen MR) is 109 cm³/mol. The van der Waals surface area contributed by atoms with E-state index in [1.54, 1.807) is 0 Å². The second-order valence-corrected chi connectivity index (χ2v) is 10.1. The highest BCUT2D eigenvalue weighted by molar-refractivity contribution is 7.85. The van der Waals surface area contributed by atoms with E-state index in [9.17, 15) is 72.3 Å². The van der Waals surface area contributed by atoms with E-state index in [4.69, 9.17) is 0 Å². The zero-order chi connectivity index (χ0) is 31.0. The molecule has 0 spiro atoms. The van der Waals surface area contributed by atoms with E-state index in [0.717, 1.165) is 6.92 Å². The highest BCUT2D eigenvalue weighted by Crippen LogP contribution is 2.46. The first-order valence-electron chi connectivity index (χ1n) is 10.3.